The third kappa shape index (κ3) is 4.33. The lowest BCUT2D eigenvalue weighted by atomic mass is 10.2. The van der Waals surface area contributed by atoms with E-state index >= 15 is 0 Å². The molecule has 0 saturated heterocycles. The molecule has 4 heteroatoms. The fourth-order valence-corrected chi connectivity index (χ4v) is 2.06. The summed E-state index contributed by atoms with van der Waals surface area (Å²) in [6.45, 7) is 1.04. The van der Waals surface area contributed by atoms with Crippen LogP contribution in [-0.4, -0.2) is 25.1 Å². The van der Waals surface area contributed by atoms with E-state index in [1.165, 1.54) is 0 Å². The quantitative estimate of drug-likeness (QED) is 0.913. The lowest BCUT2D eigenvalue weighted by molar-refractivity contribution is 0.185. The SMILES string of the molecule is COCc1ccccc1NC(=O)N(C)Cc1ccccc1. The first-order valence-electron chi connectivity index (χ1n) is 6.83. The van der Waals surface area contributed by atoms with Gasteiger partial charge < -0.3 is 15.0 Å². The van der Waals surface area contributed by atoms with Gasteiger partial charge in [0.1, 0.15) is 0 Å². The molecule has 0 atom stereocenters. The summed E-state index contributed by atoms with van der Waals surface area (Å²) in [6, 6.07) is 17.4. The Morgan fingerprint density at radius 2 is 1.76 bits per heavy atom. The number of carbonyl (C=O) groups is 1. The van der Waals surface area contributed by atoms with Gasteiger partial charge in [-0.05, 0) is 11.6 Å². The minimum atomic E-state index is -0.137. The molecule has 0 unspecified atom stereocenters. The number of benzene rings is 2. The predicted molar refractivity (Wildman–Crippen MR) is 84.1 cm³/mol. The third-order valence-corrected chi connectivity index (χ3v) is 3.17. The van der Waals surface area contributed by atoms with E-state index in [4.69, 9.17) is 4.74 Å². The van der Waals surface area contributed by atoms with E-state index in [9.17, 15) is 4.79 Å². The van der Waals surface area contributed by atoms with E-state index in [0.29, 0.717) is 13.2 Å². The van der Waals surface area contributed by atoms with Gasteiger partial charge in [0.25, 0.3) is 0 Å². The van der Waals surface area contributed by atoms with Crippen molar-refractivity contribution in [2.75, 3.05) is 19.5 Å². The second-order valence-corrected chi connectivity index (χ2v) is 4.86. The normalized spacial score (nSPS) is 10.2. The first kappa shape index (κ1) is 15.1. The van der Waals surface area contributed by atoms with Gasteiger partial charge in [-0.15, -0.1) is 0 Å². The number of amides is 2. The fourth-order valence-electron chi connectivity index (χ4n) is 2.06. The molecule has 2 rings (SSSR count). The summed E-state index contributed by atoms with van der Waals surface area (Å²) in [4.78, 5) is 13.9. The third-order valence-electron chi connectivity index (χ3n) is 3.17. The summed E-state index contributed by atoms with van der Waals surface area (Å²) in [5.41, 5.74) is 2.84. The number of hydrogen-bond donors (Lipinski definition) is 1. The second-order valence-electron chi connectivity index (χ2n) is 4.86. The maximum atomic E-state index is 12.2. The van der Waals surface area contributed by atoms with Crippen molar-refractivity contribution < 1.29 is 9.53 Å². The zero-order valence-electron chi connectivity index (χ0n) is 12.4. The summed E-state index contributed by atoms with van der Waals surface area (Å²) in [7, 11) is 3.42. The van der Waals surface area contributed by atoms with Crippen LogP contribution in [0.4, 0.5) is 10.5 Å². The molecule has 2 amide bonds. The molecule has 4 nitrogen and oxygen atoms in total. The summed E-state index contributed by atoms with van der Waals surface area (Å²) in [5.74, 6) is 0. The van der Waals surface area contributed by atoms with Gasteiger partial charge in [-0.3, -0.25) is 0 Å². The molecular formula is C17H20N2O2. The lowest BCUT2D eigenvalue weighted by Gasteiger charge is -2.19. The van der Waals surface area contributed by atoms with E-state index in [0.717, 1.165) is 16.8 Å². The number of hydrogen-bond acceptors (Lipinski definition) is 2. The van der Waals surface area contributed by atoms with Gasteiger partial charge in [0, 0.05) is 32.0 Å². The number of anilines is 1. The molecule has 0 aliphatic heterocycles. The first-order valence-corrected chi connectivity index (χ1v) is 6.83. The average molecular weight is 284 g/mol. The van der Waals surface area contributed by atoms with Crippen LogP contribution in [0, 0.1) is 0 Å². The number of nitrogens with zero attached hydrogens (tertiary/aromatic N) is 1. The zero-order chi connectivity index (χ0) is 15.1. The molecule has 2 aromatic rings. The van der Waals surface area contributed by atoms with Crippen molar-refractivity contribution in [1.29, 1.82) is 0 Å². The van der Waals surface area contributed by atoms with Crippen LogP contribution in [0.5, 0.6) is 0 Å². The second kappa shape index (κ2) is 7.45. The molecule has 0 saturated carbocycles. The number of methoxy groups -OCH3 is 1. The van der Waals surface area contributed by atoms with Crippen molar-refractivity contribution in [1.82, 2.24) is 4.90 Å². The molecule has 110 valence electrons. The lowest BCUT2D eigenvalue weighted by Crippen LogP contribution is -2.31. The Balaban J connectivity index is 2.01. The summed E-state index contributed by atoms with van der Waals surface area (Å²) < 4.78 is 5.14. The van der Waals surface area contributed by atoms with Crippen LogP contribution < -0.4 is 5.32 Å². The van der Waals surface area contributed by atoms with Crippen molar-refractivity contribution in [3.63, 3.8) is 0 Å². The van der Waals surface area contributed by atoms with E-state index in [2.05, 4.69) is 5.32 Å². The van der Waals surface area contributed by atoms with E-state index < -0.39 is 0 Å². The van der Waals surface area contributed by atoms with Gasteiger partial charge in [0.15, 0.2) is 0 Å². The Hall–Kier alpha value is -2.33. The topological polar surface area (TPSA) is 41.6 Å². The Morgan fingerprint density at radius 3 is 2.48 bits per heavy atom. The summed E-state index contributed by atoms with van der Waals surface area (Å²) >= 11 is 0. The smallest absolute Gasteiger partial charge is 0.321 e. The predicted octanol–water partition coefficient (Wildman–Crippen LogP) is 3.50. The number of ether oxygens (including phenoxy) is 1. The van der Waals surface area contributed by atoms with Crippen LogP contribution in [0.15, 0.2) is 54.6 Å². The fraction of sp³-hybridized carbons (Fsp3) is 0.235. The van der Waals surface area contributed by atoms with Gasteiger partial charge in [-0.25, -0.2) is 4.79 Å². The van der Waals surface area contributed by atoms with Gasteiger partial charge in [0.05, 0.1) is 6.61 Å². The van der Waals surface area contributed by atoms with Gasteiger partial charge >= 0.3 is 6.03 Å². The average Bonchev–Trinajstić information content (AvgIpc) is 2.50. The highest BCUT2D eigenvalue weighted by molar-refractivity contribution is 5.89. The highest BCUT2D eigenvalue weighted by Crippen LogP contribution is 2.16. The monoisotopic (exact) mass is 284 g/mol. The van der Waals surface area contributed by atoms with Crippen LogP contribution in [0.2, 0.25) is 0 Å². The molecular weight excluding hydrogens is 264 g/mol. The molecule has 2 aromatic carbocycles. The zero-order valence-corrected chi connectivity index (χ0v) is 12.4. The summed E-state index contributed by atoms with van der Waals surface area (Å²) in [5, 5.41) is 2.92. The van der Waals surface area contributed by atoms with Gasteiger partial charge in [0.2, 0.25) is 0 Å². The Morgan fingerprint density at radius 1 is 1.10 bits per heavy atom. The van der Waals surface area contributed by atoms with Crippen molar-refractivity contribution in [2.24, 2.45) is 0 Å². The van der Waals surface area contributed by atoms with Crippen LogP contribution in [0.3, 0.4) is 0 Å². The maximum absolute atomic E-state index is 12.2. The number of para-hydroxylation sites is 1. The molecule has 0 aromatic heterocycles. The molecule has 0 bridgehead atoms. The standard InChI is InChI=1S/C17H20N2O2/c1-19(12-14-8-4-3-5-9-14)17(20)18-16-11-7-6-10-15(16)13-21-2/h3-11H,12-13H2,1-2H3,(H,18,20). The Kier molecular flexibility index (Phi) is 5.35. The van der Waals surface area contributed by atoms with Gasteiger partial charge in [-0.1, -0.05) is 48.5 Å². The minimum absolute atomic E-state index is 0.137. The van der Waals surface area contributed by atoms with Crippen LogP contribution in [0.1, 0.15) is 11.1 Å². The summed E-state index contributed by atoms with van der Waals surface area (Å²) in [6.07, 6.45) is 0. The minimum Gasteiger partial charge on any atom is -0.380 e. The highest BCUT2D eigenvalue weighted by atomic mass is 16.5. The molecule has 21 heavy (non-hydrogen) atoms. The van der Waals surface area contributed by atoms with Crippen LogP contribution >= 0.6 is 0 Å². The van der Waals surface area contributed by atoms with E-state index in [1.54, 1.807) is 19.1 Å². The number of rotatable bonds is 5. The molecule has 0 aliphatic carbocycles. The molecule has 0 spiro atoms. The van der Waals surface area contributed by atoms with Crippen molar-refractivity contribution in [3.05, 3.63) is 65.7 Å². The van der Waals surface area contributed by atoms with Gasteiger partial charge in [-0.2, -0.15) is 0 Å². The maximum Gasteiger partial charge on any atom is 0.321 e. The molecule has 0 radical (unpaired) electrons. The number of urea groups is 1. The molecule has 0 aliphatic rings. The molecule has 0 fully saturated rings. The Bertz CT molecular complexity index is 584. The number of nitrogens with one attached hydrogen (secondary N) is 1. The molecule has 1 N–H and O–H groups in total. The van der Waals surface area contributed by atoms with Crippen molar-refractivity contribution in [2.45, 2.75) is 13.2 Å². The largest absolute Gasteiger partial charge is 0.380 e. The highest BCUT2D eigenvalue weighted by Gasteiger charge is 2.11. The first-order chi connectivity index (χ1) is 10.2. The van der Waals surface area contributed by atoms with Crippen LogP contribution in [-0.2, 0) is 17.9 Å². The molecule has 0 heterocycles. The van der Waals surface area contributed by atoms with Crippen molar-refractivity contribution >= 4 is 11.7 Å². The number of carbonyl (C=O) groups excluding carboxylic acids is 1. The van der Waals surface area contributed by atoms with Crippen LogP contribution in [0.25, 0.3) is 0 Å². The van der Waals surface area contributed by atoms with Crippen molar-refractivity contribution in [3.8, 4) is 0 Å². The van der Waals surface area contributed by atoms with E-state index in [1.807, 2.05) is 54.6 Å². The van der Waals surface area contributed by atoms with E-state index in [-0.39, 0.29) is 6.03 Å². The Labute approximate surface area is 125 Å².